The highest BCUT2D eigenvalue weighted by Crippen LogP contribution is 1.99. The zero-order valence-corrected chi connectivity index (χ0v) is 7.92. The largest absolute Gasteiger partial charge is 0.396 e. The van der Waals surface area contributed by atoms with E-state index in [-0.39, 0.29) is 12.2 Å². The molecule has 0 aromatic carbocycles. The van der Waals surface area contributed by atoms with Crippen molar-refractivity contribution in [3.05, 3.63) is 27.4 Å². The van der Waals surface area contributed by atoms with Gasteiger partial charge < -0.3 is 10.1 Å². The second-order valence-corrected chi connectivity index (χ2v) is 2.90. The molecule has 0 spiro atoms. The van der Waals surface area contributed by atoms with Crippen LogP contribution in [0.15, 0.2) is 4.79 Å². The molecule has 4 nitrogen and oxygen atoms in total. The first-order chi connectivity index (χ1) is 6.19. The molecule has 0 amide bonds. The first kappa shape index (κ1) is 9.92. The highest BCUT2D eigenvalue weighted by molar-refractivity contribution is 5.16. The van der Waals surface area contributed by atoms with Crippen molar-refractivity contribution in [1.29, 1.82) is 0 Å². The predicted molar refractivity (Wildman–Crippen MR) is 49.8 cm³/mol. The lowest BCUT2D eigenvalue weighted by atomic mass is 10.2. The summed E-state index contributed by atoms with van der Waals surface area (Å²) in [6, 6.07) is 0. The van der Waals surface area contributed by atoms with Crippen LogP contribution in [0, 0.1) is 6.92 Å². The molecule has 0 aliphatic heterocycles. The molecule has 0 atom stereocenters. The molecule has 1 aromatic rings. The number of nitrogens with one attached hydrogen (secondary N) is 1. The minimum atomic E-state index is -0.126. The molecule has 1 aromatic heterocycles. The van der Waals surface area contributed by atoms with Gasteiger partial charge in [-0.15, -0.1) is 0 Å². The Morgan fingerprint density at radius 2 is 2.23 bits per heavy atom. The third-order valence-corrected chi connectivity index (χ3v) is 1.97. The van der Waals surface area contributed by atoms with Crippen LogP contribution in [0.5, 0.6) is 0 Å². The van der Waals surface area contributed by atoms with E-state index in [1.165, 1.54) is 0 Å². The van der Waals surface area contributed by atoms with Gasteiger partial charge in [-0.1, -0.05) is 6.92 Å². The van der Waals surface area contributed by atoms with E-state index < -0.39 is 0 Å². The average Bonchev–Trinajstić information content (AvgIpc) is 2.11. The minimum absolute atomic E-state index is 0.0168. The summed E-state index contributed by atoms with van der Waals surface area (Å²) in [4.78, 5) is 18.3. The lowest BCUT2D eigenvalue weighted by molar-refractivity contribution is 0.298. The number of nitrogens with zero attached hydrogens (tertiary/aromatic N) is 1. The van der Waals surface area contributed by atoms with Crippen LogP contribution in [0.4, 0.5) is 0 Å². The number of hydrogen-bond acceptors (Lipinski definition) is 3. The molecule has 0 unspecified atom stereocenters. The number of hydrogen-bond donors (Lipinski definition) is 2. The quantitative estimate of drug-likeness (QED) is 0.700. The Morgan fingerprint density at radius 1 is 1.54 bits per heavy atom. The van der Waals surface area contributed by atoms with Gasteiger partial charge in [0, 0.05) is 30.7 Å². The van der Waals surface area contributed by atoms with E-state index in [4.69, 9.17) is 5.11 Å². The monoisotopic (exact) mass is 182 g/mol. The van der Waals surface area contributed by atoms with E-state index in [1.807, 2.05) is 6.92 Å². The number of rotatable bonds is 3. The summed E-state index contributed by atoms with van der Waals surface area (Å²) < 4.78 is 0. The Kier molecular flexibility index (Phi) is 3.19. The number of H-pyrrole nitrogens is 1. The van der Waals surface area contributed by atoms with Crippen LogP contribution >= 0.6 is 0 Å². The van der Waals surface area contributed by atoms with Gasteiger partial charge in [0.25, 0.3) is 5.56 Å². The number of aryl methyl sites for hydroxylation is 2. The van der Waals surface area contributed by atoms with Crippen LogP contribution < -0.4 is 5.56 Å². The number of aliphatic hydroxyl groups is 1. The van der Waals surface area contributed by atoms with Crippen molar-refractivity contribution in [2.45, 2.75) is 26.7 Å². The zero-order chi connectivity index (χ0) is 9.84. The van der Waals surface area contributed by atoms with Gasteiger partial charge in [0.15, 0.2) is 0 Å². The van der Waals surface area contributed by atoms with Crippen molar-refractivity contribution < 1.29 is 5.11 Å². The first-order valence-corrected chi connectivity index (χ1v) is 4.38. The molecule has 0 saturated carbocycles. The summed E-state index contributed by atoms with van der Waals surface area (Å²) in [6.45, 7) is 3.71. The normalized spacial score (nSPS) is 10.4. The summed E-state index contributed by atoms with van der Waals surface area (Å²) >= 11 is 0. The van der Waals surface area contributed by atoms with Gasteiger partial charge in [-0.2, -0.15) is 0 Å². The van der Waals surface area contributed by atoms with E-state index in [0.29, 0.717) is 17.8 Å². The highest BCUT2D eigenvalue weighted by Gasteiger charge is 2.05. The summed E-state index contributed by atoms with van der Waals surface area (Å²) in [5.41, 5.74) is 1.17. The Hall–Kier alpha value is -1.16. The summed E-state index contributed by atoms with van der Waals surface area (Å²) in [5.74, 6) is 0.698. The zero-order valence-electron chi connectivity index (χ0n) is 7.92. The van der Waals surface area contributed by atoms with Gasteiger partial charge in [0.05, 0.1) is 0 Å². The lowest BCUT2D eigenvalue weighted by Crippen LogP contribution is -2.19. The van der Waals surface area contributed by atoms with Gasteiger partial charge in [-0.3, -0.25) is 4.79 Å². The highest BCUT2D eigenvalue weighted by atomic mass is 16.3. The summed E-state index contributed by atoms with van der Waals surface area (Å²) in [6.07, 6.45) is 1.09. The Balaban J connectivity index is 3.15. The Bertz CT molecular complexity index is 344. The summed E-state index contributed by atoms with van der Waals surface area (Å²) in [5, 5.41) is 8.71. The predicted octanol–water partition coefficient (Wildman–Crippen LogP) is 0.176. The molecule has 2 N–H and O–H groups in total. The van der Waals surface area contributed by atoms with Gasteiger partial charge >= 0.3 is 0 Å². The smallest absolute Gasteiger partial charge is 0.254 e. The van der Waals surface area contributed by atoms with E-state index in [2.05, 4.69) is 9.97 Å². The Labute approximate surface area is 76.7 Å². The van der Waals surface area contributed by atoms with Crippen molar-refractivity contribution in [1.82, 2.24) is 9.97 Å². The third kappa shape index (κ3) is 2.15. The molecular formula is C9H14N2O2. The van der Waals surface area contributed by atoms with Gasteiger partial charge in [0.1, 0.15) is 5.82 Å². The molecule has 13 heavy (non-hydrogen) atoms. The molecule has 0 saturated heterocycles. The molecule has 72 valence electrons. The van der Waals surface area contributed by atoms with Crippen molar-refractivity contribution in [3.8, 4) is 0 Å². The van der Waals surface area contributed by atoms with E-state index in [0.717, 1.165) is 12.1 Å². The fourth-order valence-corrected chi connectivity index (χ4v) is 1.24. The SMILES string of the molecule is CCc1nc(C)c(CCO)c(=O)[nH]1. The molecule has 0 aliphatic carbocycles. The second-order valence-electron chi connectivity index (χ2n) is 2.90. The van der Waals surface area contributed by atoms with Crippen molar-refractivity contribution in [2.24, 2.45) is 0 Å². The Morgan fingerprint density at radius 3 is 2.69 bits per heavy atom. The van der Waals surface area contributed by atoms with Crippen LogP contribution in [-0.2, 0) is 12.8 Å². The maximum absolute atomic E-state index is 11.4. The molecule has 1 heterocycles. The molecule has 0 aliphatic rings. The molecule has 1 rings (SSSR count). The molecule has 4 heteroatoms. The standard InChI is InChI=1S/C9H14N2O2/c1-3-8-10-6(2)7(4-5-12)9(13)11-8/h12H,3-5H2,1-2H3,(H,10,11,13). The topological polar surface area (TPSA) is 66.0 Å². The molecular weight excluding hydrogens is 168 g/mol. The van der Waals surface area contributed by atoms with Crippen LogP contribution in [0.1, 0.15) is 24.0 Å². The maximum atomic E-state index is 11.4. The number of aromatic nitrogens is 2. The first-order valence-electron chi connectivity index (χ1n) is 4.38. The minimum Gasteiger partial charge on any atom is -0.396 e. The molecule has 0 fully saturated rings. The van der Waals surface area contributed by atoms with Crippen molar-refractivity contribution in [3.63, 3.8) is 0 Å². The van der Waals surface area contributed by atoms with Gasteiger partial charge in [-0.05, 0) is 6.92 Å². The fourth-order valence-electron chi connectivity index (χ4n) is 1.24. The third-order valence-electron chi connectivity index (χ3n) is 1.97. The number of aliphatic hydroxyl groups excluding tert-OH is 1. The van der Waals surface area contributed by atoms with E-state index >= 15 is 0 Å². The fraction of sp³-hybridized carbons (Fsp3) is 0.556. The number of aromatic amines is 1. The van der Waals surface area contributed by atoms with Crippen molar-refractivity contribution >= 4 is 0 Å². The van der Waals surface area contributed by atoms with Gasteiger partial charge in [-0.25, -0.2) is 4.98 Å². The van der Waals surface area contributed by atoms with Crippen molar-refractivity contribution in [2.75, 3.05) is 6.61 Å². The van der Waals surface area contributed by atoms with Crippen LogP contribution in [0.25, 0.3) is 0 Å². The van der Waals surface area contributed by atoms with Crippen LogP contribution in [0.3, 0.4) is 0 Å². The lowest BCUT2D eigenvalue weighted by Gasteiger charge is -2.03. The molecule has 0 radical (unpaired) electrons. The average molecular weight is 182 g/mol. The molecule has 0 bridgehead atoms. The van der Waals surface area contributed by atoms with Gasteiger partial charge in [0.2, 0.25) is 0 Å². The summed E-state index contributed by atoms with van der Waals surface area (Å²) in [7, 11) is 0. The van der Waals surface area contributed by atoms with Crippen LogP contribution in [-0.4, -0.2) is 21.7 Å². The van der Waals surface area contributed by atoms with E-state index in [1.54, 1.807) is 6.92 Å². The maximum Gasteiger partial charge on any atom is 0.254 e. The van der Waals surface area contributed by atoms with E-state index in [9.17, 15) is 4.79 Å². The second kappa shape index (κ2) is 4.18. The van der Waals surface area contributed by atoms with Crippen LogP contribution in [0.2, 0.25) is 0 Å².